The van der Waals surface area contributed by atoms with Crippen molar-refractivity contribution in [3.05, 3.63) is 12.7 Å². The Hall–Kier alpha value is -0.0831. The minimum absolute atomic E-state index is 0.927. The smallest absolute Gasteiger partial charge is 0.0568 e. The van der Waals surface area contributed by atoms with Crippen molar-refractivity contribution in [1.29, 1.82) is 0 Å². The molecule has 0 atom stereocenters. The Labute approximate surface area is 90.2 Å². The first-order chi connectivity index (χ1) is 6.76. The van der Waals surface area contributed by atoms with Crippen LogP contribution in [0, 0.1) is 0 Å². The van der Waals surface area contributed by atoms with Crippen LogP contribution in [0.5, 0.6) is 0 Å². The molecule has 0 aromatic carbocycles. The average molecular weight is 211 g/mol. The van der Waals surface area contributed by atoms with E-state index in [1.54, 1.807) is 0 Å². The number of allylic oxidation sites excluding steroid dienone is 1. The molecule has 1 aliphatic rings. The van der Waals surface area contributed by atoms with Crippen molar-refractivity contribution >= 4 is 8.07 Å². The van der Waals surface area contributed by atoms with Gasteiger partial charge in [0.15, 0.2) is 0 Å². The Balaban J connectivity index is 2.27. The summed E-state index contributed by atoms with van der Waals surface area (Å²) in [6.45, 7) is 12.8. The summed E-state index contributed by atoms with van der Waals surface area (Å²) in [4.78, 5) is 2.54. The van der Waals surface area contributed by atoms with Crippen LogP contribution in [0.3, 0.4) is 0 Å². The Morgan fingerprint density at radius 2 is 1.93 bits per heavy atom. The Bertz CT molecular complexity index is 171. The van der Waals surface area contributed by atoms with Crippen molar-refractivity contribution < 1.29 is 0 Å². The molecule has 0 radical (unpaired) electrons. The van der Waals surface area contributed by atoms with Gasteiger partial charge >= 0.3 is 0 Å². The summed E-state index contributed by atoms with van der Waals surface area (Å²) in [5, 5.41) is 0. The molecule has 1 heterocycles. The zero-order chi connectivity index (χ0) is 10.4. The SMILES string of the molecule is C=CC[Si](CC)(CC)CCCN1CC1. The molecule has 1 saturated heterocycles. The molecule has 82 valence electrons. The fourth-order valence-electron chi connectivity index (χ4n) is 2.27. The van der Waals surface area contributed by atoms with Gasteiger partial charge in [-0.15, -0.1) is 6.58 Å². The summed E-state index contributed by atoms with van der Waals surface area (Å²) in [7, 11) is -0.927. The number of nitrogens with zero attached hydrogens (tertiary/aromatic N) is 1. The summed E-state index contributed by atoms with van der Waals surface area (Å²) in [5.74, 6) is 0. The van der Waals surface area contributed by atoms with Gasteiger partial charge in [0.1, 0.15) is 0 Å². The highest BCUT2D eigenvalue weighted by Crippen LogP contribution is 2.27. The monoisotopic (exact) mass is 211 g/mol. The zero-order valence-electron chi connectivity index (χ0n) is 9.89. The second kappa shape index (κ2) is 5.71. The standard InChI is InChI=1S/C12H25NSi/c1-4-11-14(5-2,6-3)12-7-8-13-9-10-13/h4H,1,5-12H2,2-3H3. The van der Waals surface area contributed by atoms with E-state index in [-0.39, 0.29) is 0 Å². The molecule has 0 aliphatic carbocycles. The highest BCUT2D eigenvalue weighted by molar-refractivity contribution is 6.80. The van der Waals surface area contributed by atoms with Crippen LogP contribution in [-0.4, -0.2) is 32.6 Å². The molecule has 1 aliphatic heterocycles. The highest BCUT2D eigenvalue weighted by Gasteiger charge is 2.27. The fourth-order valence-corrected chi connectivity index (χ4v) is 5.78. The normalized spacial score (nSPS) is 17.0. The third-order valence-electron chi connectivity index (χ3n) is 3.80. The van der Waals surface area contributed by atoms with E-state index < -0.39 is 8.07 Å². The molecule has 0 aromatic heterocycles. The molecule has 0 unspecified atom stereocenters. The molecule has 0 N–H and O–H groups in total. The van der Waals surface area contributed by atoms with Gasteiger partial charge in [0.2, 0.25) is 0 Å². The predicted molar refractivity (Wildman–Crippen MR) is 67.6 cm³/mol. The van der Waals surface area contributed by atoms with Gasteiger partial charge < -0.3 is 4.90 Å². The second-order valence-electron chi connectivity index (χ2n) is 4.65. The van der Waals surface area contributed by atoms with Gasteiger partial charge in [-0.2, -0.15) is 0 Å². The molecular formula is C12H25NSi. The molecule has 0 saturated carbocycles. The van der Waals surface area contributed by atoms with Crippen LogP contribution in [0.1, 0.15) is 20.3 Å². The van der Waals surface area contributed by atoms with Crippen molar-refractivity contribution in [2.24, 2.45) is 0 Å². The van der Waals surface area contributed by atoms with Crippen LogP contribution in [0.2, 0.25) is 24.2 Å². The Morgan fingerprint density at radius 1 is 1.29 bits per heavy atom. The van der Waals surface area contributed by atoms with E-state index in [0.717, 1.165) is 0 Å². The van der Waals surface area contributed by atoms with E-state index in [1.165, 1.54) is 50.2 Å². The number of hydrogen-bond donors (Lipinski definition) is 0. The quantitative estimate of drug-likeness (QED) is 0.338. The molecule has 0 bridgehead atoms. The summed E-state index contributed by atoms with van der Waals surface area (Å²) in [6.07, 6.45) is 3.60. The van der Waals surface area contributed by atoms with E-state index in [0.29, 0.717) is 0 Å². The maximum atomic E-state index is 3.92. The molecular weight excluding hydrogens is 186 g/mol. The highest BCUT2D eigenvalue weighted by atomic mass is 28.3. The van der Waals surface area contributed by atoms with E-state index in [1.807, 2.05) is 0 Å². The Kier molecular flexibility index (Phi) is 4.89. The third-order valence-corrected chi connectivity index (χ3v) is 9.37. The summed E-state index contributed by atoms with van der Waals surface area (Å²) in [5.41, 5.74) is 0. The fraction of sp³-hybridized carbons (Fsp3) is 0.833. The van der Waals surface area contributed by atoms with Crippen molar-refractivity contribution in [1.82, 2.24) is 4.90 Å². The van der Waals surface area contributed by atoms with Crippen molar-refractivity contribution in [3.63, 3.8) is 0 Å². The number of hydrogen-bond acceptors (Lipinski definition) is 1. The zero-order valence-corrected chi connectivity index (χ0v) is 10.9. The van der Waals surface area contributed by atoms with Gasteiger partial charge in [0.25, 0.3) is 0 Å². The lowest BCUT2D eigenvalue weighted by atomic mass is 10.5. The second-order valence-corrected chi connectivity index (χ2v) is 9.97. The first-order valence-electron chi connectivity index (χ1n) is 6.09. The molecule has 2 heteroatoms. The van der Waals surface area contributed by atoms with Gasteiger partial charge in [-0.1, -0.05) is 38.1 Å². The first-order valence-corrected chi connectivity index (χ1v) is 8.92. The minimum atomic E-state index is -0.927. The van der Waals surface area contributed by atoms with E-state index in [9.17, 15) is 0 Å². The summed E-state index contributed by atoms with van der Waals surface area (Å²) >= 11 is 0. The van der Waals surface area contributed by atoms with Crippen molar-refractivity contribution in [2.45, 2.75) is 44.4 Å². The van der Waals surface area contributed by atoms with E-state index in [4.69, 9.17) is 0 Å². The largest absolute Gasteiger partial charge is 0.301 e. The molecule has 0 spiro atoms. The predicted octanol–water partition coefficient (Wildman–Crippen LogP) is 3.37. The lowest BCUT2D eigenvalue weighted by Crippen LogP contribution is -2.31. The maximum Gasteiger partial charge on any atom is 0.0568 e. The van der Waals surface area contributed by atoms with Gasteiger partial charge in [-0.3, -0.25) is 0 Å². The van der Waals surface area contributed by atoms with E-state index in [2.05, 4.69) is 31.4 Å². The third kappa shape index (κ3) is 3.58. The molecule has 0 amide bonds. The van der Waals surface area contributed by atoms with Crippen LogP contribution >= 0.6 is 0 Å². The first kappa shape index (κ1) is 12.0. The average Bonchev–Trinajstić information content (AvgIpc) is 3.00. The summed E-state index contributed by atoms with van der Waals surface area (Å²) in [6, 6.07) is 5.73. The molecule has 1 nitrogen and oxygen atoms in total. The van der Waals surface area contributed by atoms with Crippen LogP contribution in [0.15, 0.2) is 12.7 Å². The van der Waals surface area contributed by atoms with Gasteiger partial charge in [0.05, 0.1) is 8.07 Å². The number of rotatable bonds is 8. The van der Waals surface area contributed by atoms with Gasteiger partial charge in [-0.05, 0) is 19.0 Å². The maximum absolute atomic E-state index is 3.92. The van der Waals surface area contributed by atoms with Crippen molar-refractivity contribution in [2.75, 3.05) is 19.6 Å². The molecule has 1 fully saturated rings. The van der Waals surface area contributed by atoms with Gasteiger partial charge in [-0.25, -0.2) is 0 Å². The van der Waals surface area contributed by atoms with Crippen molar-refractivity contribution in [3.8, 4) is 0 Å². The Morgan fingerprint density at radius 3 is 2.36 bits per heavy atom. The van der Waals surface area contributed by atoms with Gasteiger partial charge in [0, 0.05) is 13.1 Å². The lowest BCUT2D eigenvalue weighted by Gasteiger charge is -2.28. The lowest BCUT2D eigenvalue weighted by molar-refractivity contribution is 0.549. The van der Waals surface area contributed by atoms with Crippen LogP contribution in [0.4, 0.5) is 0 Å². The van der Waals surface area contributed by atoms with Crippen LogP contribution in [-0.2, 0) is 0 Å². The molecule has 14 heavy (non-hydrogen) atoms. The van der Waals surface area contributed by atoms with Crippen LogP contribution in [0.25, 0.3) is 0 Å². The topological polar surface area (TPSA) is 3.01 Å². The molecule has 1 rings (SSSR count). The molecule has 0 aromatic rings. The van der Waals surface area contributed by atoms with Crippen LogP contribution < -0.4 is 0 Å². The minimum Gasteiger partial charge on any atom is -0.301 e. The van der Waals surface area contributed by atoms with E-state index >= 15 is 0 Å². The summed E-state index contributed by atoms with van der Waals surface area (Å²) < 4.78 is 0.